The second-order valence-corrected chi connectivity index (χ2v) is 6.96. The number of hydrogen-bond donors (Lipinski definition) is 2. The van der Waals surface area contributed by atoms with Crippen molar-refractivity contribution in [1.82, 2.24) is 14.8 Å². The van der Waals surface area contributed by atoms with E-state index in [1.807, 2.05) is 48.7 Å². The molecule has 1 aromatic carbocycles. The van der Waals surface area contributed by atoms with Gasteiger partial charge in [-0.1, -0.05) is 0 Å². The maximum atomic E-state index is 12.4. The number of benzene rings is 1. The van der Waals surface area contributed by atoms with Gasteiger partial charge >= 0.3 is 0 Å². The van der Waals surface area contributed by atoms with Crippen LogP contribution in [-0.4, -0.2) is 39.3 Å². The molecule has 0 spiro atoms. The van der Waals surface area contributed by atoms with E-state index >= 15 is 0 Å². The summed E-state index contributed by atoms with van der Waals surface area (Å²) in [7, 11) is 1.53. The lowest BCUT2D eigenvalue weighted by Crippen LogP contribution is -2.52. The van der Waals surface area contributed by atoms with Gasteiger partial charge in [0.1, 0.15) is 5.57 Å². The number of amides is 3. The molecule has 0 aliphatic carbocycles. The SMILES string of the molecule is CC(=O)Nc1ccc(-n2c(C)cc(/C=C3\C(=O)NC(=S)N(C)C3=O)c2C)cc1. The van der Waals surface area contributed by atoms with E-state index in [2.05, 4.69) is 10.6 Å². The van der Waals surface area contributed by atoms with Crippen molar-refractivity contribution in [2.45, 2.75) is 20.8 Å². The molecule has 2 N–H and O–H groups in total. The molecule has 0 bridgehead atoms. The number of aryl methyl sites for hydroxylation is 1. The molecule has 8 heteroatoms. The van der Waals surface area contributed by atoms with Crippen molar-refractivity contribution in [3.8, 4) is 5.69 Å². The van der Waals surface area contributed by atoms with Crippen molar-refractivity contribution in [2.24, 2.45) is 0 Å². The predicted molar refractivity (Wildman–Crippen MR) is 111 cm³/mol. The fourth-order valence-corrected chi connectivity index (χ4v) is 3.30. The third-order valence-electron chi connectivity index (χ3n) is 4.52. The van der Waals surface area contributed by atoms with Gasteiger partial charge in [0.2, 0.25) is 5.91 Å². The topological polar surface area (TPSA) is 83.4 Å². The van der Waals surface area contributed by atoms with Gasteiger partial charge in [-0.25, -0.2) is 0 Å². The highest BCUT2D eigenvalue weighted by Crippen LogP contribution is 2.25. The molecule has 1 aromatic heterocycles. The van der Waals surface area contributed by atoms with Gasteiger partial charge in [0, 0.05) is 36.7 Å². The average molecular weight is 396 g/mol. The van der Waals surface area contributed by atoms with Crippen LogP contribution >= 0.6 is 12.2 Å². The van der Waals surface area contributed by atoms with Crippen molar-refractivity contribution in [3.63, 3.8) is 0 Å². The minimum absolute atomic E-state index is 0.0392. The van der Waals surface area contributed by atoms with E-state index in [0.717, 1.165) is 22.6 Å². The number of hydrogen-bond acceptors (Lipinski definition) is 4. The summed E-state index contributed by atoms with van der Waals surface area (Å²) < 4.78 is 2.02. The van der Waals surface area contributed by atoms with Crippen LogP contribution in [0.1, 0.15) is 23.9 Å². The summed E-state index contributed by atoms with van der Waals surface area (Å²) in [5.74, 6) is -1.06. The zero-order valence-corrected chi connectivity index (χ0v) is 16.8. The molecule has 0 radical (unpaired) electrons. The van der Waals surface area contributed by atoms with Crippen LogP contribution in [0.5, 0.6) is 0 Å². The van der Waals surface area contributed by atoms with Crippen LogP contribution in [0.25, 0.3) is 11.8 Å². The highest BCUT2D eigenvalue weighted by atomic mass is 32.1. The Morgan fingerprint density at radius 3 is 2.43 bits per heavy atom. The highest BCUT2D eigenvalue weighted by molar-refractivity contribution is 7.80. The van der Waals surface area contributed by atoms with Crippen LogP contribution in [-0.2, 0) is 14.4 Å². The molecule has 144 valence electrons. The van der Waals surface area contributed by atoms with E-state index < -0.39 is 11.8 Å². The normalized spacial score (nSPS) is 15.8. The number of carbonyl (C=O) groups excluding carboxylic acids is 3. The third kappa shape index (κ3) is 3.59. The standard InChI is InChI=1S/C20H20N4O3S/c1-11-9-14(10-17-18(26)22-20(28)23(4)19(17)27)12(2)24(11)16-7-5-15(6-8-16)21-13(3)25/h5-10H,1-4H3,(H,21,25)(H,22,26,28)/b17-10+. The van der Waals surface area contributed by atoms with Gasteiger partial charge in [-0.3, -0.25) is 24.6 Å². The van der Waals surface area contributed by atoms with E-state index in [1.165, 1.54) is 18.9 Å². The quantitative estimate of drug-likeness (QED) is 0.474. The van der Waals surface area contributed by atoms with Gasteiger partial charge in [0.15, 0.2) is 5.11 Å². The zero-order chi connectivity index (χ0) is 20.6. The van der Waals surface area contributed by atoms with Crippen molar-refractivity contribution >= 4 is 46.8 Å². The molecule has 0 unspecified atom stereocenters. The Morgan fingerprint density at radius 1 is 1.18 bits per heavy atom. The molecular formula is C20H20N4O3S. The molecular weight excluding hydrogens is 376 g/mol. The molecule has 1 saturated heterocycles. The number of aromatic nitrogens is 1. The van der Waals surface area contributed by atoms with E-state index in [-0.39, 0.29) is 16.6 Å². The summed E-state index contributed by atoms with van der Waals surface area (Å²) in [6.07, 6.45) is 1.58. The largest absolute Gasteiger partial charge is 0.326 e. The maximum Gasteiger partial charge on any atom is 0.265 e. The monoisotopic (exact) mass is 396 g/mol. The van der Waals surface area contributed by atoms with Crippen LogP contribution in [0.4, 0.5) is 5.69 Å². The first kappa shape index (κ1) is 19.5. The smallest absolute Gasteiger partial charge is 0.265 e. The lowest BCUT2D eigenvalue weighted by Gasteiger charge is -2.25. The summed E-state index contributed by atoms with van der Waals surface area (Å²) in [6.45, 7) is 5.32. The summed E-state index contributed by atoms with van der Waals surface area (Å²) in [6, 6.07) is 9.35. The van der Waals surface area contributed by atoms with Crippen LogP contribution in [0.2, 0.25) is 0 Å². The number of rotatable bonds is 3. The van der Waals surface area contributed by atoms with Crippen LogP contribution in [0.3, 0.4) is 0 Å². The molecule has 1 aliphatic rings. The Balaban J connectivity index is 1.98. The molecule has 3 amide bonds. The van der Waals surface area contributed by atoms with Crippen molar-refractivity contribution in [1.29, 1.82) is 0 Å². The molecule has 0 saturated carbocycles. The second-order valence-electron chi connectivity index (χ2n) is 6.57. The molecule has 28 heavy (non-hydrogen) atoms. The van der Waals surface area contributed by atoms with Crippen molar-refractivity contribution < 1.29 is 14.4 Å². The summed E-state index contributed by atoms with van der Waals surface area (Å²) in [5.41, 5.74) is 4.26. The van der Waals surface area contributed by atoms with Gasteiger partial charge in [0.25, 0.3) is 11.8 Å². The predicted octanol–water partition coefficient (Wildman–Crippen LogP) is 2.31. The number of carbonyl (C=O) groups is 3. The second kappa shape index (κ2) is 7.40. The Hall–Kier alpha value is -3.26. The molecule has 2 aromatic rings. The van der Waals surface area contributed by atoms with Gasteiger partial charge in [0.05, 0.1) is 0 Å². The third-order valence-corrected chi connectivity index (χ3v) is 4.90. The lowest BCUT2D eigenvalue weighted by molar-refractivity contribution is -0.128. The number of thiocarbonyl (C=S) groups is 1. The van der Waals surface area contributed by atoms with E-state index in [1.54, 1.807) is 6.08 Å². The number of anilines is 1. The number of nitrogens with one attached hydrogen (secondary N) is 2. The Morgan fingerprint density at radius 2 is 1.82 bits per heavy atom. The van der Waals surface area contributed by atoms with Crippen LogP contribution in [0, 0.1) is 13.8 Å². The van der Waals surface area contributed by atoms with Gasteiger partial charge in [-0.15, -0.1) is 0 Å². The van der Waals surface area contributed by atoms with Gasteiger partial charge < -0.3 is 9.88 Å². The minimum atomic E-state index is -0.502. The first-order valence-corrected chi connectivity index (χ1v) is 9.02. The average Bonchev–Trinajstić information content (AvgIpc) is 2.91. The zero-order valence-electron chi connectivity index (χ0n) is 16.0. The van der Waals surface area contributed by atoms with Gasteiger partial charge in [-0.2, -0.15) is 0 Å². The first-order valence-electron chi connectivity index (χ1n) is 8.61. The lowest BCUT2D eigenvalue weighted by atomic mass is 10.1. The first-order chi connectivity index (χ1) is 13.2. The molecule has 1 aliphatic heterocycles. The van der Waals surface area contributed by atoms with E-state index in [9.17, 15) is 14.4 Å². The molecule has 7 nitrogen and oxygen atoms in total. The Bertz CT molecular complexity index is 1030. The van der Waals surface area contributed by atoms with Crippen molar-refractivity contribution in [2.75, 3.05) is 12.4 Å². The molecule has 3 rings (SSSR count). The molecule has 1 fully saturated rings. The fourth-order valence-electron chi connectivity index (χ4n) is 3.13. The number of likely N-dealkylation sites (N-methyl/N-ethyl adjacent to an activating group) is 1. The van der Waals surface area contributed by atoms with Crippen LogP contribution in [0.15, 0.2) is 35.9 Å². The Kier molecular flexibility index (Phi) is 5.15. The molecule has 2 heterocycles. The van der Waals surface area contributed by atoms with E-state index in [0.29, 0.717) is 5.69 Å². The summed E-state index contributed by atoms with van der Waals surface area (Å²) >= 11 is 4.97. The van der Waals surface area contributed by atoms with Crippen LogP contribution < -0.4 is 10.6 Å². The summed E-state index contributed by atoms with van der Waals surface area (Å²) in [5, 5.41) is 5.34. The maximum absolute atomic E-state index is 12.4. The van der Waals surface area contributed by atoms with Gasteiger partial charge in [-0.05, 0) is 68.0 Å². The number of nitrogens with zero attached hydrogens (tertiary/aromatic N) is 2. The fraction of sp³-hybridized carbons (Fsp3) is 0.200. The Labute approximate surface area is 168 Å². The van der Waals surface area contributed by atoms with E-state index in [4.69, 9.17) is 12.2 Å². The van der Waals surface area contributed by atoms with Crippen molar-refractivity contribution in [3.05, 3.63) is 52.9 Å². The highest BCUT2D eigenvalue weighted by Gasteiger charge is 2.31. The molecule has 0 atom stereocenters. The minimum Gasteiger partial charge on any atom is -0.326 e. The summed E-state index contributed by atoms with van der Waals surface area (Å²) in [4.78, 5) is 37.0.